The number of aliphatic hydroxyl groups is 1. The molecule has 2 aromatic rings. The maximum absolute atomic E-state index is 9.90. The number of aliphatic hydroxyl groups excluding tert-OH is 1. The third kappa shape index (κ3) is 7.22. The third-order valence-electron chi connectivity index (χ3n) is 3.53. The van der Waals surface area contributed by atoms with Crippen LogP contribution in [0.3, 0.4) is 0 Å². The van der Waals surface area contributed by atoms with Crippen LogP contribution in [0.5, 0.6) is 11.6 Å². The monoisotopic (exact) mass is 361 g/mol. The van der Waals surface area contributed by atoms with Crippen LogP contribution in [-0.4, -0.2) is 47.2 Å². The van der Waals surface area contributed by atoms with Gasteiger partial charge in [-0.3, -0.25) is 0 Å². The number of hydrogen-bond acceptors (Lipinski definition) is 8. The Kier molecular flexibility index (Phi) is 8.07. The summed E-state index contributed by atoms with van der Waals surface area (Å²) in [5.74, 6) is 6.89. The smallest absolute Gasteiger partial charge is 0.233 e. The first-order chi connectivity index (χ1) is 12.6. The van der Waals surface area contributed by atoms with Crippen LogP contribution in [0.25, 0.3) is 0 Å². The van der Waals surface area contributed by atoms with Gasteiger partial charge in [0.05, 0.1) is 6.61 Å². The SMILES string of the molecule is CC(C)NCC(O)COc1cccc(CCOc2ccc(NN)nn2)c1. The van der Waals surface area contributed by atoms with Crippen LogP contribution in [0.4, 0.5) is 5.82 Å². The predicted octanol–water partition coefficient (Wildman–Crippen LogP) is 1.12. The van der Waals surface area contributed by atoms with Gasteiger partial charge in [0, 0.05) is 25.1 Å². The van der Waals surface area contributed by atoms with E-state index in [2.05, 4.69) is 20.9 Å². The summed E-state index contributed by atoms with van der Waals surface area (Å²) < 4.78 is 11.2. The highest BCUT2D eigenvalue weighted by Crippen LogP contribution is 2.15. The van der Waals surface area contributed by atoms with Crippen molar-refractivity contribution in [3.05, 3.63) is 42.0 Å². The highest BCUT2D eigenvalue weighted by Gasteiger charge is 2.06. The van der Waals surface area contributed by atoms with E-state index in [1.165, 1.54) is 0 Å². The minimum Gasteiger partial charge on any atom is -0.491 e. The third-order valence-corrected chi connectivity index (χ3v) is 3.53. The average Bonchev–Trinajstić information content (AvgIpc) is 2.65. The first-order valence-electron chi connectivity index (χ1n) is 8.63. The number of nitrogens with two attached hydrogens (primary N) is 1. The van der Waals surface area contributed by atoms with Gasteiger partial charge in [-0.2, -0.15) is 0 Å². The first-order valence-corrected chi connectivity index (χ1v) is 8.63. The summed E-state index contributed by atoms with van der Waals surface area (Å²) in [5, 5.41) is 20.8. The summed E-state index contributed by atoms with van der Waals surface area (Å²) in [5.41, 5.74) is 3.49. The Hall–Kier alpha value is -2.42. The average molecular weight is 361 g/mol. The second-order valence-electron chi connectivity index (χ2n) is 6.17. The zero-order valence-electron chi connectivity index (χ0n) is 15.2. The molecule has 2 rings (SSSR count). The Bertz CT molecular complexity index is 652. The molecule has 1 aromatic heterocycles. The van der Waals surface area contributed by atoms with E-state index in [1.54, 1.807) is 12.1 Å². The van der Waals surface area contributed by atoms with Crippen LogP contribution < -0.4 is 26.1 Å². The number of rotatable bonds is 11. The molecule has 0 spiro atoms. The van der Waals surface area contributed by atoms with Gasteiger partial charge in [-0.1, -0.05) is 26.0 Å². The lowest BCUT2D eigenvalue weighted by molar-refractivity contribution is 0.104. The lowest BCUT2D eigenvalue weighted by Crippen LogP contribution is -2.35. The quantitative estimate of drug-likeness (QED) is 0.348. The highest BCUT2D eigenvalue weighted by molar-refractivity contribution is 5.32. The molecule has 0 radical (unpaired) electrons. The normalized spacial score (nSPS) is 12.0. The second kappa shape index (κ2) is 10.5. The fraction of sp³-hybridized carbons (Fsp3) is 0.444. The highest BCUT2D eigenvalue weighted by atomic mass is 16.5. The summed E-state index contributed by atoms with van der Waals surface area (Å²) in [6, 6.07) is 11.5. The molecule has 1 atom stereocenters. The molecule has 8 nitrogen and oxygen atoms in total. The molecule has 0 aliphatic carbocycles. The number of nitrogens with zero attached hydrogens (tertiary/aromatic N) is 2. The molecule has 0 aliphatic heterocycles. The summed E-state index contributed by atoms with van der Waals surface area (Å²) in [6.07, 6.45) is 0.154. The molecule has 0 fully saturated rings. The van der Waals surface area contributed by atoms with Crippen molar-refractivity contribution in [1.82, 2.24) is 15.5 Å². The van der Waals surface area contributed by atoms with Crippen molar-refractivity contribution in [3.63, 3.8) is 0 Å². The Morgan fingerprint density at radius 2 is 2.00 bits per heavy atom. The number of ether oxygens (including phenoxy) is 2. The van der Waals surface area contributed by atoms with Crippen molar-refractivity contribution >= 4 is 5.82 Å². The summed E-state index contributed by atoms with van der Waals surface area (Å²) in [6.45, 7) is 5.29. The van der Waals surface area contributed by atoms with Gasteiger partial charge < -0.3 is 25.3 Å². The van der Waals surface area contributed by atoms with Crippen LogP contribution in [-0.2, 0) is 6.42 Å². The number of hydrogen-bond donors (Lipinski definition) is 4. The number of benzene rings is 1. The molecular weight excluding hydrogens is 334 g/mol. The van der Waals surface area contributed by atoms with E-state index in [-0.39, 0.29) is 6.61 Å². The number of nitrogens with one attached hydrogen (secondary N) is 2. The fourth-order valence-electron chi connectivity index (χ4n) is 2.16. The zero-order chi connectivity index (χ0) is 18.8. The number of anilines is 1. The van der Waals surface area contributed by atoms with Crippen LogP contribution >= 0.6 is 0 Å². The Labute approximate surface area is 153 Å². The molecule has 142 valence electrons. The molecule has 8 heteroatoms. The van der Waals surface area contributed by atoms with Gasteiger partial charge >= 0.3 is 0 Å². The molecule has 0 saturated heterocycles. The molecule has 0 amide bonds. The van der Waals surface area contributed by atoms with Crippen LogP contribution in [0.1, 0.15) is 19.4 Å². The first kappa shape index (κ1) is 19.9. The Morgan fingerprint density at radius 1 is 1.15 bits per heavy atom. The number of nitrogen functional groups attached to an aromatic ring is 1. The Balaban J connectivity index is 1.75. The van der Waals surface area contributed by atoms with Gasteiger partial charge in [-0.15, -0.1) is 10.2 Å². The van der Waals surface area contributed by atoms with E-state index < -0.39 is 6.10 Å². The maximum Gasteiger partial charge on any atom is 0.233 e. The van der Waals surface area contributed by atoms with Crippen molar-refractivity contribution in [1.29, 1.82) is 0 Å². The largest absolute Gasteiger partial charge is 0.491 e. The minimum atomic E-state index is -0.547. The van der Waals surface area contributed by atoms with E-state index in [0.29, 0.717) is 37.3 Å². The van der Waals surface area contributed by atoms with Gasteiger partial charge in [0.25, 0.3) is 0 Å². The van der Waals surface area contributed by atoms with Crippen LogP contribution in [0, 0.1) is 0 Å². The van der Waals surface area contributed by atoms with Gasteiger partial charge in [0.15, 0.2) is 5.82 Å². The summed E-state index contributed by atoms with van der Waals surface area (Å²) >= 11 is 0. The molecule has 5 N–H and O–H groups in total. The topological polar surface area (TPSA) is 115 Å². The van der Waals surface area contributed by atoms with E-state index in [4.69, 9.17) is 15.3 Å². The van der Waals surface area contributed by atoms with E-state index in [9.17, 15) is 5.11 Å². The lowest BCUT2D eigenvalue weighted by atomic mass is 10.1. The molecule has 26 heavy (non-hydrogen) atoms. The zero-order valence-corrected chi connectivity index (χ0v) is 15.2. The van der Waals surface area contributed by atoms with Crippen molar-refractivity contribution in [2.24, 2.45) is 5.84 Å². The number of aromatic nitrogens is 2. The predicted molar refractivity (Wildman–Crippen MR) is 100 cm³/mol. The number of hydrazine groups is 1. The molecule has 0 saturated carbocycles. The molecule has 1 unspecified atom stereocenters. The van der Waals surface area contributed by atoms with Crippen LogP contribution in [0.2, 0.25) is 0 Å². The molecular formula is C18H27N5O3. The molecule has 0 bridgehead atoms. The van der Waals surface area contributed by atoms with E-state index >= 15 is 0 Å². The maximum atomic E-state index is 9.90. The molecule has 0 aliphatic rings. The summed E-state index contributed by atoms with van der Waals surface area (Å²) in [7, 11) is 0. The van der Waals surface area contributed by atoms with Gasteiger partial charge in [0.2, 0.25) is 5.88 Å². The van der Waals surface area contributed by atoms with Crippen molar-refractivity contribution in [3.8, 4) is 11.6 Å². The molecule has 1 heterocycles. The second-order valence-corrected chi connectivity index (χ2v) is 6.17. The lowest BCUT2D eigenvalue weighted by Gasteiger charge is -2.15. The minimum absolute atomic E-state index is 0.247. The van der Waals surface area contributed by atoms with Gasteiger partial charge in [-0.25, -0.2) is 5.84 Å². The van der Waals surface area contributed by atoms with E-state index in [1.807, 2.05) is 38.1 Å². The Morgan fingerprint density at radius 3 is 2.69 bits per heavy atom. The summed E-state index contributed by atoms with van der Waals surface area (Å²) in [4.78, 5) is 0. The van der Waals surface area contributed by atoms with E-state index in [0.717, 1.165) is 11.3 Å². The van der Waals surface area contributed by atoms with Gasteiger partial charge in [-0.05, 0) is 23.8 Å². The van der Waals surface area contributed by atoms with Crippen molar-refractivity contribution in [2.45, 2.75) is 32.4 Å². The standard InChI is InChI=1S/C18H27N5O3/c1-13(2)20-11-15(24)12-26-16-5-3-4-14(10-16)8-9-25-18-7-6-17(21-19)22-23-18/h3-7,10,13,15,20,24H,8-9,11-12,19H2,1-2H3,(H,21,22). The fourth-order valence-corrected chi connectivity index (χ4v) is 2.16. The van der Waals surface area contributed by atoms with Crippen molar-refractivity contribution in [2.75, 3.05) is 25.2 Å². The van der Waals surface area contributed by atoms with Crippen molar-refractivity contribution < 1.29 is 14.6 Å². The molecule has 1 aromatic carbocycles. The van der Waals surface area contributed by atoms with Crippen LogP contribution in [0.15, 0.2) is 36.4 Å². The van der Waals surface area contributed by atoms with Gasteiger partial charge in [0.1, 0.15) is 18.5 Å².